The van der Waals surface area contributed by atoms with Gasteiger partial charge in [-0.3, -0.25) is 0 Å². The van der Waals surface area contributed by atoms with Crippen molar-refractivity contribution in [2.45, 2.75) is 130 Å². The standard InChI is InChI=1S/C13H29N.C11H20O2/c1-5-9-12(8-4)13(14,10-6-2)11-7-3;1-2-3-4-5-6-7-8-9-10-11(12)13/h12H,5-11,14H2,1-4H3;9-10H,2-8H2,1H3,(H,12,13). The summed E-state index contributed by atoms with van der Waals surface area (Å²) in [7, 11) is 0. The maximum Gasteiger partial charge on any atom is 0.327 e. The van der Waals surface area contributed by atoms with E-state index < -0.39 is 5.97 Å². The van der Waals surface area contributed by atoms with E-state index in [1.54, 1.807) is 6.08 Å². The third-order valence-electron chi connectivity index (χ3n) is 5.36. The van der Waals surface area contributed by atoms with Crippen molar-refractivity contribution in [3.63, 3.8) is 0 Å². The van der Waals surface area contributed by atoms with Crippen molar-refractivity contribution in [1.29, 1.82) is 0 Å². The highest BCUT2D eigenvalue weighted by molar-refractivity contribution is 5.79. The molecule has 0 aromatic heterocycles. The molecule has 3 heteroatoms. The van der Waals surface area contributed by atoms with Crippen LogP contribution in [0.4, 0.5) is 0 Å². The average Bonchev–Trinajstić information content (AvgIpc) is 2.62. The van der Waals surface area contributed by atoms with Crippen LogP contribution in [-0.2, 0) is 4.79 Å². The van der Waals surface area contributed by atoms with Crippen molar-refractivity contribution in [1.82, 2.24) is 0 Å². The lowest BCUT2D eigenvalue weighted by atomic mass is 9.74. The Morgan fingerprint density at radius 3 is 1.89 bits per heavy atom. The summed E-state index contributed by atoms with van der Waals surface area (Å²) in [5, 5.41) is 8.30. The number of carboxylic acid groups (broad SMARTS) is 1. The number of aliphatic carboxylic acids is 1. The van der Waals surface area contributed by atoms with Crippen LogP contribution >= 0.6 is 0 Å². The van der Waals surface area contributed by atoms with Gasteiger partial charge in [-0.15, -0.1) is 0 Å². The molecule has 1 unspecified atom stereocenters. The SMILES string of the molecule is CCCC(CC)C(N)(CCC)CCC.CCCCCCCCC=CC(=O)O. The molecule has 0 spiro atoms. The molecule has 1 atom stereocenters. The number of carboxylic acids is 1. The summed E-state index contributed by atoms with van der Waals surface area (Å²) in [6.45, 7) is 11.2. The molecule has 27 heavy (non-hydrogen) atoms. The molecule has 0 aromatic rings. The van der Waals surface area contributed by atoms with E-state index >= 15 is 0 Å². The topological polar surface area (TPSA) is 63.3 Å². The van der Waals surface area contributed by atoms with Crippen molar-refractivity contribution in [2.24, 2.45) is 11.7 Å². The number of carbonyl (C=O) groups is 1. The van der Waals surface area contributed by atoms with Crippen LogP contribution in [0.1, 0.15) is 125 Å². The van der Waals surface area contributed by atoms with Crippen molar-refractivity contribution in [3.8, 4) is 0 Å². The van der Waals surface area contributed by atoms with Crippen LogP contribution in [0.5, 0.6) is 0 Å². The molecule has 3 nitrogen and oxygen atoms in total. The minimum Gasteiger partial charge on any atom is -0.478 e. The van der Waals surface area contributed by atoms with E-state index in [1.807, 2.05) is 0 Å². The van der Waals surface area contributed by atoms with Crippen LogP contribution in [0.3, 0.4) is 0 Å². The Morgan fingerprint density at radius 1 is 0.889 bits per heavy atom. The average molecular weight is 384 g/mol. The summed E-state index contributed by atoms with van der Waals surface area (Å²) >= 11 is 0. The van der Waals surface area contributed by atoms with E-state index in [4.69, 9.17) is 10.8 Å². The van der Waals surface area contributed by atoms with E-state index in [1.165, 1.54) is 83.1 Å². The third-order valence-corrected chi connectivity index (χ3v) is 5.36. The number of rotatable bonds is 16. The molecule has 0 bridgehead atoms. The molecule has 0 saturated heterocycles. The normalized spacial score (nSPS) is 12.7. The first-order chi connectivity index (χ1) is 12.9. The van der Waals surface area contributed by atoms with E-state index in [-0.39, 0.29) is 5.54 Å². The fourth-order valence-corrected chi connectivity index (χ4v) is 3.94. The second kappa shape index (κ2) is 19.9. The van der Waals surface area contributed by atoms with Crippen LogP contribution in [0.15, 0.2) is 12.2 Å². The molecule has 0 fully saturated rings. The van der Waals surface area contributed by atoms with Crippen LogP contribution in [0.2, 0.25) is 0 Å². The fraction of sp³-hybridized carbons (Fsp3) is 0.875. The van der Waals surface area contributed by atoms with Gasteiger partial charge in [-0.1, -0.05) is 98.5 Å². The maximum absolute atomic E-state index is 10.1. The minimum absolute atomic E-state index is 0.119. The molecular weight excluding hydrogens is 334 g/mol. The largest absolute Gasteiger partial charge is 0.478 e. The Bertz CT molecular complexity index is 346. The van der Waals surface area contributed by atoms with Crippen LogP contribution < -0.4 is 5.73 Å². The summed E-state index contributed by atoms with van der Waals surface area (Å²) in [4.78, 5) is 10.1. The zero-order chi connectivity index (χ0) is 21.0. The molecule has 0 aliphatic heterocycles. The molecule has 0 saturated carbocycles. The van der Waals surface area contributed by atoms with Crippen molar-refractivity contribution in [3.05, 3.63) is 12.2 Å². The van der Waals surface area contributed by atoms with Crippen LogP contribution in [-0.4, -0.2) is 16.6 Å². The highest BCUT2D eigenvalue weighted by Gasteiger charge is 2.30. The lowest BCUT2D eigenvalue weighted by molar-refractivity contribution is -0.131. The van der Waals surface area contributed by atoms with Gasteiger partial charge in [-0.2, -0.15) is 0 Å². The zero-order valence-electron chi connectivity index (χ0n) is 19.1. The van der Waals surface area contributed by atoms with Gasteiger partial charge >= 0.3 is 5.97 Å². The Labute approximate surface area is 170 Å². The Morgan fingerprint density at radius 2 is 1.44 bits per heavy atom. The summed E-state index contributed by atoms with van der Waals surface area (Å²) in [5.41, 5.74) is 6.68. The van der Waals surface area contributed by atoms with Gasteiger partial charge in [-0.05, 0) is 38.0 Å². The highest BCUT2D eigenvalue weighted by Crippen LogP contribution is 2.31. The van der Waals surface area contributed by atoms with Gasteiger partial charge in [0.05, 0.1) is 0 Å². The predicted octanol–water partition coefficient (Wildman–Crippen LogP) is 7.49. The van der Waals surface area contributed by atoms with Crippen LogP contribution in [0.25, 0.3) is 0 Å². The maximum atomic E-state index is 10.1. The van der Waals surface area contributed by atoms with Crippen molar-refractivity contribution < 1.29 is 9.90 Å². The van der Waals surface area contributed by atoms with Gasteiger partial charge < -0.3 is 10.8 Å². The summed E-state index contributed by atoms with van der Waals surface area (Å²) in [5.74, 6) is -0.113. The van der Waals surface area contributed by atoms with Gasteiger partial charge in [-0.25, -0.2) is 4.79 Å². The predicted molar refractivity (Wildman–Crippen MR) is 120 cm³/mol. The minimum atomic E-state index is -0.842. The van der Waals surface area contributed by atoms with Gasteiger partial charge in [0.15, 0.2) is 0 Å². The van der Waals surface area contributed by atoms with Crippen LogP contribution in [0, 0.1) is 5.92 Å². The molecular formula is C24H49NO2. The second-order valence-electron chi connectivity index (χ2n) is 7.92. The van der Waals surface area contributed by atoms with Gasteiger partial charge in [0.25, 0.3) is 0 Å². The Hall–Kier alpha value is -0.830. The molecule has 0 rings (SSSR count). The number of hydrogen-bond donors (Lipinski definition) is 2. The molecule has 0 radical (unpaired) electrons. The van der Waals surface area contributed by atoms with Crippen molar-refractivity contribution >= 4 is 5.97 Å². The lowest BCUT2D eigenvalue weighted by Crippen LogP contribution is -2.46. The highest BCUT2D eigenvalue weighted by atomic mass is 16.4. The second-order valence-corrected chi connectivity index (χ2v) is 7.92. The third kappa shape index (κ3) is 17.0. The van der Waals surface area contributed by atoms with E-state index in [2.05, 4.69) is 34.6 Å². The van der Waals surface area contributed by atoms with E-state index in [9.17, 15) is 4.79 Å². The van der Waals surface area contributed by atoms with E-state index in [0.717, 1.165) is 18.8 Å². The molecule has 0 aromatic carbocycles. The van der Waals surface area contributed by atoms with E-state index in [0.29, 0.717) is 0 Å². The van der Waals surface area contributed by atoms with Gasteiger partial charge in [0, 0.05) is 11.6 Å². The number of nitrogens with two attached hydrogens (primary N) is 1. The summed E-state index contributed by atoms with van der Waals surface area (Å²) in [6.07, 6.45) is 20.1. The van der Waals surface area contributed by atoms with Gasteiger partial charge in [0.1, 0.15) is 0 Å². The molecule has 0 amide bonds. The van der Waals surface area contributed by atoms with Crippen molar-refractivity contribution in [2.75, 3.05) is 0 Å². The summed E-state index contributed by atoms with van der Waals surface area (Å²) in [6, 6.07) is 0. The smallest absolute Gasteiger partial charge is 0.327 e. The fourth-order valence-electron chi connectivity index (χ4n) is 3.94. The molecule has 0 heterocycles. The number of unbranched alkanes of at least 4 members (excludes halogenated alkanes) is 6. The Kier molecular flexibility index (Phi) is 20.9. The lowest BCUT2D eigenvalue weighted by Gasteiger charge is -2.37. The molecule has 0 aliphatic rings. The first kappa shape index (κ1) is 28.4. The molecule has 3 N–H and O–H groups in total. The zero-order valence-corrected chi connectivity index (χ0v) is 19.1. The quantitative estimate of drug-likeness (QED) is 0.214. The molecule has 162 valence electrons. The Balaban J connectivity index is 0. The monoisotopic (exact) mass is 383 g/mol. The number of allylic oxidation sites excluding steroid dienone is 1. The molecule has 0 aliphatic carbocycles. The summed E-state index contributed by atoms with van der Waals surface area (Å²) < 4.78 is 0. The first-order valence-electron chi connectivity index (χ1n) is 11.6. The van der Waals surface area contributed by atoms with Gasteiger partial charge in [0.2, 0.25) is 0 Å². The number of hydrogen-bond acceptors (Lipinski definition) is 2. The first-order valence-corrected chi connectivity index (χ1v) is 11.6.